The fourth-order valence-electron chi connectivity index (χ4n) is 2.54. The van der Waals surface area contributed by atoms with Crippen LogP contribution >= 0.6 is 0 Å². The predicted molar refractivity (Wildman–Crippen MR) is 70.5 cm³/mol. The van der Waals surface area contributed by atoms with E-state index < -0.39 is 0 Å². The maximum atomic E-state index is 5.88. The Morgan fingerprint density at radius 3 is 2.82 bits per heavy atom. The molecule has 0 amide bonds. The van der Waals surface area contributed by atoms with E-state index in [0.717, 1.165) is 19.6 Å². The molecule has 1 aliphatic carbocycles. The van der Waals surface area contributed by atoms with Gasteiger partial charge in [-0.3, -0.25) is 4.98 Å². The molecule has 2 N–H and O–H groups in total. The summed E-state index contributed by atoms with van der Waals surface area (Å²) in [6.45, 7) is 2.97. The normalized spacial score (nSPS) is 18.1. The van der Waals surface area contributed by atoms with E-state index in [0.29, 0.717) is 5.41 Å². The number of nitrogens with zero attached hydrogens (tertiary/aromatic N) is 2. The van der Waals surface area contributed by atoms with Gasteiger partial charge in [0.1, 0.15) is 0 Å². The van der Waals surface area contributed by atoms with Crippen molar-refractivity contribution >= 4 is 0 Å². The number of pyridine rings is 1. The molecule has 1 heterocycles. The van der Waals surface area contributed by atoms with Crippen LogP contribution in [0.5, 0.6) is 0 Å². The highest BCUT2D eigenvalue weighted by molar-refractivity contribution is 5.07. The van der Waals surface area contributed by atoms with Crippen molar-refractivity contribution in [2.75, 3.05) is 20.1 Å². The van der Waals surface area contributed by atoms with Crippen LogP contribution in [-0.4, -0.2) is 30.0 Å². The zero-order chi connectivity index (χ0) is 12.1. The molecule has 0 radical (unpaired) electrons. The highest BCUT2D eigenvalue weighted by atomic mass is 15.1. The molecule has 0 atom stereocenters. The minimum atomic E-state index is 0.462. The summed E-state index contributed by atoms with van der Waals surface area (Å²) in [5, 5.41) is 0. The zero-order valence-corrected chi connectivity index (χ0v) is 10.7. The third-order valence-electron chi connectivity index (χ3n) is 4.05. The van der Waals surface area contributed by atoms with Gasteiger partial charge in [0.25, 0.3) is 0 Å². The van der Waals surface area contributed by atoms with Crippen LogP contribution in [0.4, 0.5) is 0 Å². The quantitative estimate of drug-likeness (QED) is 0.817. The number of hydrogen-bond acceptors (Lipinski definition) is 3. The topological polar surface area (TPSA) is 42.1 Å². The Bertz CT molecular complexity index is 327. The maximum absolute atomic E-state index is 5.88. The molecule has 3 heteroatoms. The lowest BCUT2D eigenvalue weighted by molar-refractivity contribution is 0.111. The van der Waals surface area contributed by atoms with Gasteiger partial charge in [0, 0.05) is 18.9 Å². The van der Waals surface area contributed by atoms with E-state index in [4.69, 9.17) is 5.73 Å². The van der Waals surface area contributed by atoms with Gasteiger partial charge in [-0.05, 0) is 56.4 Å². The zero-order valence-electron chi connectivity index (χ0n) is 10.7. The Hall–Kier alpha value is -0.930. The van der Waals surface area contributed by atoms with Crippen molar-refractivity contribution in [2.45, 2.75) is 32.2 Å². The molecule has 0 bridgehead atoms. The van der Waals surface area contributed by atoms with Crippen LogP contribution in [0.25, 0.3) is 0 Å². The van der Waals surface area contributed by atoms with E-state index in [9.17, 15) is 0 Å². The van der Waals surface area contributed by atoms with E-state index >= 15 is 0 Å². The molecule has 3 nitrogen and oxygen atoms in total. The van der Waals surface area contributed by atoms with Crippen molar-refractivity contribution in [1.82, 2.24) is 9.88 Å². The van der Waals surface area contributed by atoms with Gasteiger partial charge in [-0.1, -0.05) is 12.5 Å². The van der Waals surface area contributed by atoms with E-state index in [-0.39, 0.29) is 0 Å². The first-order chi connectivity index (χ1) is 8.24. The fraction of sp³-hybridized carbons (Fsp3) is 0.643. The van der Waals surface area contributed by atoms with E-state index in [1.54, 1.807) is 0 Å². The van der Waals surface area contributed by atoms with Crippen LogP contribution in [0.1, 0.15) is 31.2 Å². The average molecular weight is 233 g/mol. The summed E-state index contributed by atoms with van der Waals surface area (Å²) in [5.41, 5.74) is 7.62. The number of hydrogen-bond donors (Lipinski definition) is 1. The summed E-state index contributed by atoms with van der Waals surface area (Å²) >= 11 is 0. The molecule has 1 aromatic rings. The molecule has 2 rings (SSSR count). The Labute approximate surface area is 104 Å². The number of rotatable bonds is 6. The molecule has 1 aliphatic rings. The summed E-state index contributed by atoms with van der Waals surface area (Å²) in [6.07, 6.45) is 9.01. The minimum absolute atomic E-state index is 0.462. The molecule has 17 heavy (non-hydrogen) atoms. The maximum Gasteiger partial charge on any atom is 0.0312 e. The van der Waals surface area contributed by atoms with Gasteiger partial charge in [0.15, 0.2) is 0 Å². The predicted octanol–water partition coefficient (Wildman–Crippen LogP) is 2.03. The number of aromatic nitrogens is 1. The Balaban J connectivity index is 1.76. The molecule has 0 aliphatic heterocycles. The molecule has 0 saturated heterocycles. The first kappa shape index (κ1) is 12.5. The van der Waals surface area contributed by atoms with Gasteiger partial charge in [-0.25, -0.2) is 0 Å². The number of nitrogens with two attached hydrogens (primary N) is 1. The second-order valence-corrected chi connectivity index (χ2v) is 5.41. The lowest BCUT2D eigenvalue weighted by Gasteiger charge is -2.42. The van der Waals surface area contributed by atoms with Gasteiger partial charge in [0.2, 0.25) is 0 Å². The van der Waals surface area contributed by atoms with Crippen molar-refractivity contribution in [2.24, 2.45) is 11.1 Å². The van der Waals surface area contributed by atoms with Crippen LogP contribution in [0, 0.1) is 5.41 Å². The van der Waals surface area contributed by atoms with Gasteiger partial charge in [0.05, 0.1) is 0 Å². The summed E-state index contributed by atoms with van der Waals surface area (Å²) in [5.74, 6) is 0. The third-order valence-corrected chi connectivity index (χ3v) is 4.05. The standard InChI is InChI=1S/C14H23N3/c1-17(11-13-4-2-8-16-10-13)9-7-14(12-15)5-3-6-14/h2,4,8,10H,3,5-7,9,11-12,15H2,1H3. The van der Waals surface area contributed by atoms with Gasteiger partial charge in [-0.15, -0.1) is 0 Å². The second-order valence-electron chi connectivity index (χ2n) is 5.41. The molecule has 0 unspecified atom stereocenters. The summed E-state index contributed by atoms with van der Waals surface area (Å²) in [7, 11) is 2.18. The lowest BCUT2D eigenvalue weighted by atomic mass is 9.66. The van der Waals surface area contributed by atoms with Crippen LogP contribution in [-0.2, 0) is 6.54 Å². The second kappa shape index (κ2) is 5.61. The van der Waals surface area contributed by atoms with Crippen LogP contribution in [0.2, 0.25) is 0 Å². The SMILES string of the molecule is CN(CCC1(CN)CCC1)Cc1cccnc1. The van der Waals surface area contributed by atoms with Gasteiger partial charge < -0.3 is 10.6 Å². The van der Waals surface area contributed by atoms with Crippen molar-refractivity contribution in [3.05, 3.63) is 30.1 Å². The third kappa shape index (κ3) is 3.27. The monoisotopic (exact) mass is 233 g/mol. The molecular formula is C14H23N3. The van der Waals surface area contributed by atoms with E-state index in [1.165, 1.54) is 31.2 Å². The molecular weight excluding hydrogens is 210 g/mol. The first-order valence-corrected chi connectivity index (χ1v) is 6.52. The minimum Gasteiger partial charge on any atom is -0.330 e. The van der Waals surface area contributed by atoms with Crippen LogP contribution < -0.4 is 5.73 Å². The van der Waals surface area contributed by atoms with Crippen molar-refractivity contribution < 1.29 is 0 Å². The smallest absolute Gasteiger partial charge is 0.0312 e. The Morgan fingerprint density at radius 2 is 2.29 bits per heavy atom. The summed E-state index contributed by atoms with van der Waals surface area (Å²) < 4.78 is 0. The van der Waals surface area contributed by atoms with Crippen molar-refractivity contribution in [1.29, 1.82) is 0 Å². The van der Waals surface area contributed by atoms with Crippen molar-refractivity contribution in [3.63, 3.8) is 0 Å². The average Bonchev–Trinajstić information content (AvgIpc) is 2.29. The first-order valence-electron chi connectivity index (χ1n) is 6.52. The van der Waals surface area contributed by atoms with E-state index in [2.05, 4.69) is 23.0 Å². The molecule has 0 spiro atoms. The highest BCUT2D eigenvalue weighted by Gasteiger charge is 2.34. The lowest BCUT2D eigenvalue weighted by Crippen LogP contribution is -2.39. The van der Waals surface area contributed by atoms with Crippen LogP contribution in [0.3, 0.4) is 0 Å². The molecule has 0 aromatic carbocycles. The molecule has 1 aromatic heterocycles. The fourth-order valence-corrected chi connectivity index (χ4v) is 2.54. The molecule has 1 fully saturated rings. The Morgan fingerprint density at radius 1 is 1.47 bits per heavy atom. The van der Waals surface area contributed by atoms with Gasteiger partial charge >= 0.3 is 0 Å². The van der Waals surface area contributed by atoms with Crippen LogP contribution in [0.15, 0.2) is 24.5 Å². The Kier molecular flexibility index (Phi) is 4.13. The largest absolute Gasteiger partial charge is 0.330 e. The molecule has 94 valence electrons. The highest BCUT2D eigenvalue weighted by Crippen LogP contribution is 2.42. The summed E-state index contributed by atoms with van der Waals surface area (Å²) in [4.78, 5) is 6.51. The van der Waals surface area contributed by atoms with Crippen molar-refractivity contribution in [3.8, 4) is 0 Å². The van der Waals surface area contributed by atoms with Gasteiger partial charge in [-0.2, -0.15) is 0 Å². The summed E-state index contributed by atoms with van der Waals surface area (Å²) in [6, 6.07) is 4.13. The van der Waals surface area contributed by atoms with E-state index in [1.807, 2.05) is 18.5 Å². The molecule has 1 saturated carbocycles.